The number of hydrogen-bond acceptors (Lipinski definition) is 3. The highest BCUT2D eigenvalue weighted by molar-refractivity contribution is 5.84. The van der Waals surface area contributed by atoms with Crippen molar-refractivity contribution >= 4 is 10.9 Å². The lowest BCUT2D eigenvalue weighted by molar-refractivity contribution is 0.306. The summed E-state index contributed by atoms with van der Waals surface area (Å²) in [6.45, 7) is 5.35. The number of ether oxygens (including phenoxy) is 1. The number of aromatic hydroxyl groups is 1. The fourth-order valence-corrected chi connectivity index (χ4v) is 2.75. The van der Waals surface area contributed by atoms with E-state index in [1.807, 2.05) is 0 Å². The average Bonchev–Trinajstić information content (AvgIpc) is 2.92. The zero-order chi connectivity index (χ0) is 16.4. The molecule has 0 radical (unpaired) electrons. The lowest BCUT2D eigenvalue weighted by Crippen LogP contribution is -1.99. The molecule has 0 atom stereocenters. The van der Waals surface area contributed by atoms with Crippen LogP contribution < -0.4 is 10.5 Å². The summed E-state index contributed by atoms with van der Waals surface area (Å²) in [4.78, 5) is 0. The maximum absolute atomic E-state index is 9.33. The number of nitrogens with two attached hydrogens (primary N) is 1. The second-order valence-corrected chi connectivity index (χ2v) is 5.99. The molecule has 0 amide bonds. The van der Waals surface area contributed by atoms with Gasteiger partial charge >= 0.3 is 0 Å². The number of phenols is 1. The Bertz CT molecular complexity index is 804. The molecule has 2 aromatic carbocycles. The first-order valence-corrected chi connectivity index (χ1v) is 7.82. The zero-order valence-corrected chi connectivity index (χ0v) is 13.5. The molecule has 3 aromatic rings. The van der Waals surface area contributed by atoms with Crippen LogP contribution >= 0.6 is 0 Å². The molecule has 0 bridgehead atoms. The fourth-order valence-electron chi connectivity index (χ4n) is 2.75. The third-order valence-corrected chi connectivity index (χ3v) is 4.00. The maximum atomic E-state index is 9.33. The van der Waals surface area contributed by atoms with Crippen molar-refractivity contribution in [2.45, 2.75) is 33.0 Å². The van der Waals surface area contributed by atoms with Gasteiger partial charge in [0.05, 0.1) is 0 Å². The normalized spacial score (nSPS) is 11.3. The van der Waals surface area contributed by atoms with Gasteiger partial charge in [-0.3, -0.25) is 0 Å². The minimum absolute atomic E-state index is 0.237. The van der Waals surface area contributed by atoms with Gasteiger partial charge in [-0.2, -0.15) is 0 Å². The van der Waals surface area contributed by atoms with Gasteiger partial charge in [-0.15, -0.1) is 0 Å². The molecule has 0 saturated heterocycles. The van der Waals surface area contributed by atoms with E-state index in [0.717, 1.165) is 16.9 Å². The minimum atomic E-state index is 0.237. The quantitative estimate of drug-likeness (QED) is 0.749. The van der Waals surface area contributed by atoms with Crippen LogP contribution in [0, 0.1) is 0 Å². The monoisotopic (exact) mass is 310 g/mol. The molecule has 23 heavy (non-hydrogen) atoms. The maximum Gasteiger partial charge on any atom is 0.120 e. The summed E-state index contributed by atoms with van der Waals surface area (Å²) < 4.78 is 8.12. The van der Waals surface area contributed by atoms with Crippen LogP contribution in [0.5, 0.6) is 11.5 Å². The van der Waals surface area contributed by atoms with Gasteiger partial charge < -0.3 is 20.1 Å². The molecule has 3 rings (SSSR count). The van der Waals surface area contributed by atoms with E-state index in [4.69, 9.17) is 10.5 Å². The van der Waals surface area contributed by atoms with E-state index < -0.39 is 0 Å². The van der Waals surface area contributed by atoms with Gasteiger partial charge in [0.25, 0.3) is 0 Å². The van der Waals surface area contributed by atoms with Crippen LogP contribution in [-0.2, 0) is 13.2 Å². The highest BCUT2D eigenvalue weighted by Gasteiger charge is 2.12. The first-order valence-electron chi connectivity index (χ1n) is 7.82. The zero-order valence-electron chi connectivity index (χ0n) is 13.5. The SMILES string of the molecule is CC(C)n1cc(COc2ccc(O)cc2)c2cc(CN)ccc21. The van der Waals surface area contributed by atoms with Crippen molar-refractivity contribution in [3.05, 3.63) is 59.8 Å². The summed E-state index contributed by atoms with van der Waals surface area (Å²) in [6, 6.07) is 13.5. The van der Waals surface area contributed by atoms with Crippen molar-refractivity contribution in [1.29, 1.82) is 0 Å². The second kappa shape index (κ2) is 6.34. The highest BCUT2D eigenvalue weighted by Crippen LogP contribution is 2.27. The van der Waals surface area contributed by atoms with Crippen LogP contribution in [0.15, 0.2) is 48.7 Å². The summed E-state index contributed by atoms with van der Waals surface area (Å²) in [5.74, 6) is 0.976. The van der Waals surface area contributed by atoms with Crippen molar-refractivity contribution in [3.8, 4) is 11.5 Å². The van der Waals surface area contributed by atoms with E-state index in [9.17, 15) is 5.11 Å². The Morgan fingerprint density at radius 3 is 2.52 bits per heavy atom. The molecule has 3 N–H and O–H groups in total. The Morgan fingerprint density at radius 1 is 1.13 bits per heavy atom. The van der Waals surface area contributed by atoms with Crippen LogP contribution in [0.1, 0.15) is 31.0 Å². The van der Waals surface area contributed by atoms with Crippen molar-refractivity contribution < 1.29 is 9.84 Å². The van der Waals surface area contributed by atoms with Crippen molar-refractivity contribution in [3.63, 3.8) is 0 Å². The molecule has 4 heteroatoms. The van der Waals surface area contributed by atoms with Gasteiger partial charge in [0.2, 0.25) is 0 Å². The van der Waals surface area contributed by atoms with Crippen LogP contribution in [0.25, 0.3) is 10.9 Å². The molecule has 0 spiro atoms. The number of hydrogen-bond donors (Lipinski definition) is 2. The Hall–Kier alpha value is -2.46. The molecular weight excluding hydrogens is 288 g/mol. The average molecular weight is 310 g/mol. The molecule has 0 saturated carbocycles. The number of aromatic nitrogens is 1. The van der Waals surface area contributed by atoms with Crippen LogP contribution in [-0.4, -0.2) is 9.67 Å². The van der Waals surface area contributed by atoms with Crippen molar-refractivity contribution in [2.75, 3.05) is 0 Å². The van der Waals surface area contributed by atoms with E-state index in [-0.39, 0.29) is 5.75 Å². The Morgan fingerprint density at radius 2 is 1.87 bits per heavy atom. The molecule has 1 aromatic heterocycles. The molecule has 120 valence electrons. The van der Waals surface area contributed by atoms with Crippen molar-refractivity contribution in [1.82, 2.24) is 4.57 Å². The topological polar surface area (TPSA) is 60.4 Å². The summed E-state index contributed by atoms with van der Waals surface area (Å²) in [5, 5.41) is 10.5. The predicted octanol–water partition coefficient (Wildman–Crippen LogP) is 3.97. The summed E-state index contributed by atoms with van der Waals surface area (Å²) in [6.07, 6.45) is 2.15. The smallest absolute Gasteiger partial charge is 0.120 e. The Kier molecular flexibility index (Phi) is 4.26. The lowest BCUT2D eigenvalue weighted by Gasteiger charge is -2.09. The standard InChI is InChI=1S/C19H22N2O2/c1-13(2)21-11-15(12-23-17-6-4-16(22)5-7-17)18-9-14(10-20)3-8-19(18)21/h3-9,11,13,22H,10,12,20H2,1-2H3. The minimum Gasteiger partial charge on any atom is -0.508 e. The number of rotatable bonds is 5. The van der Waals surface area contributed by atoms with Gasteiger partial charge in [0, 0.05) is 35.2 Å². The van der Waals surface area contributed by atoms with Crippen LogP contribution in [0.4, 0.5) is 0 Å². The number of nitrogens with zero attached hydrogens (tertiary/aromatic N) is 1. The number of fused-ring (bicyclic) bond motifs is 1. The predicted molar refractivity (Wildman–Crippen MR) is 92.7 cm³/mol. The first kappa shape index (κ1) is 15.4. The molecule has 0 unspecified atom stereocenters. The number of benzene rings is 2. The van der Waals surface area contributed by atoms with Crippen LogP contribution in [0.2, 0.25) is 0 Å². The third-order valence-electron chi connectivity index (χ3n) is 4.00. The third kappa shape index (κ3) is 3.17. The van der Waals surface area contributed by atoms with E-state index >= 15 is 0 Å². The molecule has 1 heterocycles. The van der Waals surface area contributed by atoms with Gasteiger partial charge in [0.1, 0.15) is 18.1 Å². The van der Waals surface area contributed by atoms with Gasteiger partial charge in [-0.25, -0.2) is 0 Å². The molecule has 0 fully saturated rings. The van der Waals surface area contributed by atoms with Crippen molar-refractivity contribution in [2.24, 2.45) is 5.73 Å². The molecule has 0 aliphatic carbocycles. The van der Waals surface area contributed by atoms with E-state index in [1.165, 1.54) is 10.9 Å². The lowest BCUT2D eigenvalue weighted by atomic mass is 10.1. The van der Waals surface area contributed by atoms with Gasteiger partial charge in [-0.05, 0) is 55.8 Å². The fraction of sp³-hybridized carbons (Fsp3) is 0.263. The second-order valence-electron chi connectivity index (χ2n) is 5.99. The first-order chi connectivity index (χ1) is 11.1. The summed E-state index contributed by atoms with van der Waals surface area (Å²) in [5.41, 5.74) is 9.22. The Balaban J connectivity index is 1.93. The van der Waals surface area contributed by atoms with Gasteiger partial charge in [-0.1, -0.05) is 6.07 Å². The van der Waals surface area contributed by atoms with E-state index in [2.05, 4.69) is 42.8 Å². The molecule has 0 aliphatic rings. The summed E-state index contributed by atoms with van der Waals surface area (Å²) in [7, 11) is 0. The summed E-state index contributed by atoms with van der Waals surface area (Å²) >= 11 is 0. The molecular formula is C19H22N2O2. The molecule has 4 nitrogen and oxygen atoms in total. The van der Waals surface area contributed by atoms with Crippen LogP contribution in [0.3, 0.4) is 0 Å². The number of phenolic OH excluding ortho intramolecular Hbond substituents is 1. The largest absolute Gasteiger partial charge is 0.508 e. The highest BCUT2D eigenvalue weighted by atomic mass is 16.5. The van der Waals surface area contributed by atoms with E-state index in [0.29, 0.717) is 19.2 Å². The Labute approximate surface area is 136 Å². The van der Waals surface area contributed by atoms with E-state index in [1.54, 1.807) is 24.3 Å². The molecule has 0 aliphatic heterocycles. The van der Waals surface area contributed by atoms with Gasteiger partial charge in [0.15, 0.2) is 0 Å².